The Morgan fingerprint density at radius 3 is 2.61 bits per heavy atom. The lowest BCUT2D eigenvalue weighted by molar-refractivity contribution is 0.238. The van der Waals surface area contributed by atoms with Crippen LogP contribution in [0.2, 0.25) is 0 Å². The van der Waals surface area contributed by atoms with Gasteiger partial charge in [0.1, 0.15) is 0 Å². The predicted octanol–water partition coefficient (Wildman–Crippen LogP) is 4.64. The van der Waals surface area contributed by atoms with E-state index in [1.807, 2.05) is 18.2 Å². The maximum Gasteiger partial charge on any atom is 0.331 e. The van der Waals surface area contributed by atoms with Crippen molar-refractivity contribution in [1.29, 1.82) is 0 Å². The highest BCUT2D eigenvalue weighted by Crippen LogP contribution is 2.09. The summed E-state index contributed by atoms with van der Waals surface area (Å²) in [5, 5.41) is 2.77. The van der Waals surface area contributed by atoms with Crippen molar-refractivity contribution >= 4 is 30.6 Å². The molecule has 2 aromatic rings. The molecule has 120 valence electrons. The summed E-state index contributed by atoms with van der Waals surface area (Å²) in [5.74, 6) is 0. The van der Waals surface area contributed by atoms with Crippen LogP contribution < -0.4 is 5.32 Å². The van der Waals surface area contributed by atoms with Crippen LogP contribution in [0.4, 0.5) is 10.5 Å². The maximum absolute atomic E-state index is 11.9. The van der Waals surface area contributed by atoms with Gasteiger partial charge in [-0.3, -0.25) is 9.29 Å². The second kappa shape index (κ2) is 9.69. The fourth-order valence-electron chi connectivity index (χ4n) is 2.03. The van der Waals surface area contributed by atoms with E-state index < -0.39 is 0 Å². The van der Waals surface area contributed by atoms with Crippen LogP contribution in [0.1, 0.15) is 24.8 Å². The molecule has 4 nitrogen and oxygen atoms in total. The number of rotatable bonds is 7. The minimum atomic E-state index is -0.223. The van der Waals surface area contributed by atoms with Crippen LogP contribution in [-0.2, 0) is 0 Å². The topological polar surface area (TPSA) is 45.2 Å². The molecule has 23 heavy (non-hydrogen) atoms. The number of hydrogen-bond acceptors (Lipinski definition) is 3. The number of urea groups is 1. The molecular formula is C18H21N3OS. The summed E-state index contributed by atoms with van der Waals surface area (Å²) >= 11 is 4.23. The summed E-state index contributed by atoms with van der Waals surface area (Å²) in [6, 6.07) is 13.5. The number of nitrogens with zero attached hydrogens (tertiary/aromatic N) is 2. The van der Waals surface area contributed by atoms with E-state index >= 15 is 0 Å². The molecule has 0 saturated carbocycles. The Balaban J connectivity index is 1.62. The van der Waals surface area contributed by atoms with Crippen LogP contribution in [0, 0.1) is 0 Å². The Morgan fingerprint density at radius 2 is 1.87 bits per heavy atom. The average molecular weight is 327 g/mol. The van der Waals surface area contributed by atoms with E-state index in [1.165, 1.54) is 9.87 Å². The van der Waals surface area contributed by atoms with Crippen molar-refractivity contribution in [3.8, 4) is 0 Å². The second-order valence-electron chi connectivity index (χ2n) is 5.10. The third-order valence-corrected chi connectivity index (χ3v) is 3.65. The van der Waals surface area contributed by atoms with E-state index in [0.29, 0.717) is 6.54 Å². The van der Waals surface area contributed by atoms with Crippen LogP contribution in [-0.4, -0.2) is 21.9 Å². The molecule has 1 aromatic carbocycles. The van der Waals surface area contributed by atoms with Gasteiger partial charge >= 0.3 is 6.03 Å². The van der Waals surface area contributed by atoms with Crippen molar-refractivity contribution in [1.82, 2.24) is 9.29 Å². The lowest BCUT2D eigenvalue weighted by atomic mass is 10.1. The third kappa shape index (κ3) is 6.57. The number of hydrogen-bond donors (Lipinski definition) is 2. The summed E-state index contributed by atoms with van der Waals surface area (Å²) in [6.45, 7) is 0.610. The van der Waals surface area contributed by atoms with Gasteiger partial charge in [0.05, 0.1) is 0 Å². The minimum absolute atomic E-state index is 0.223. The molecule has 0 fully saturated rings. The zero-order valence-corrected chi connectivity index (χ0v) is 13.8. The normalized spacial score (nSPS) is 10.7. The number of benzene rings is 1. The first-order valence-electron chi connectivity index (χ1n) is 7.65. The highest BCUT2D eigenvalue weighted by atomic mass is 32.1. The minimum Gasteiger partial charge on any atom is -0.307 e. The molecule has 1 aromatic heterocycles. The van der Waals surface area contributed by atoms with E-state index in [0.717, 1.165) is 24.9 Å². The fourth-order valence-corrected chi connectivity index (χ4v) is 2.22. The van der Waals surface area contributed by atoms with Crippen LogP contribution in [0.25, 0.3) is 6.08 Å². The van der Waals surface area contributed by atoms with Gasteiger partial charge in [-0.25, -0.2) is 4.79 Å². The highest BCUT2D eigenvalue weighted by molar-refractivity contribution is 7.78. The number of carbonyl (C=O) groups excluding carboxylic acids is 1. The first-order chi connectivity index (χ1) is 11.3. The smallest absolute Gasteiger partial charge is 0.307 e. The molecular weight excluding hydrogens is 306 g/mol. The van der Waals surface area contributed by atoms with Crippen molar-refractivity contribution in [2.24, 2.45) is 0 Å². The van der Waals surface area contributed by atoms with Crippen LogP contribution in [0.5, 0.6) is 0 Å². The standard InChI is InChI=1S/C18H21N3OS/c22-18(20-17-11-13-19-14-12-17)21(23)15-7-2-1-4-8-16-9-5-3-6-10-16/h3-6,8-14,23H,1-2,7,15H2,(H,19,20,22)/b8-4+. The van der Waals surface area contributed by atoms with E-state index in [2.05, 4.69) is 47.4 Å². The van der Waals surface area contributed by atoms with Gasteiger partial charge in [-0.1, -0.05) is 55.3 Å². The lowest BCUT2D eigenvalue weighted by Gasteiger charge is -2.16. The first-order valence-corrected chi connectivity index (χ1v) is 8.05. The zero-order chi connectivity index (χ0) is 16.3. The molecule has 0 aliphatic carbocycles. The highest BCUT2D eigenvalue weighted by Gasteiger charge is 2.08. The molecule has 2 rings (SSSR count). The fraction of sp³-hybridized carbons (Fsp3) is 0.222. The molecule has 0 aliphatic rings. The number of allylic oxidation sites excluding steroid dienone is 1. The Bertz CT molecular complexity index is 617. The summed E-state index contributed by atoms with van der Waals surface area (Å²) < 4.78 is 1.40. The van der Waals surface area contributed by atoms with E-state index in [1.54, 1.807) is 24.5 Å². The van der Waals surface area contributed by atoms with Crippen LogP contribution in [0.3, 0.4) is 0 Å². The number of carbonyl (C=O) groups is 1. The number of thiol groups is 1. The van der Waals surface area contributed by atoms with Crippen molar-refractivity contribution in [2.45, 2.75) is 19.3 Å². The van der Waals surface area contributed by atoms with Crippen LogP contribution in [0.15, 0.2) is 60.9 Å². The number of unbranched alkanes of at least 4 members (excludes halogenated alkanes) is 2. The molecule has 0 spiro atoms. The van der Waals surface area contributed by atoms with Gasteiger partial charge in [0.15, 0.2) is 0 Å². The number of pyridine rings is 1. The van der Waals surface area contributed by atoms with Crippen molar-refractivity contribution < 1.29 is 4.79 Å². The van der Waals surface area contributed by atoms with E-state index in [9.17, 15) is 4.79 Å². The maximum atomic E-state index is 11.9. The Labute approximate surface area is 142 Å². The number of anilines is 1. The summed E-state index contributed by atoms with van der Waals surface area (Å²) in [7, 11) is 0. The van der Waals surface area contributed by atoms with Crippen molar-refractivity contribution in [2.75, 3.05) is 11.9 Å². The molecule has 0 bridgehead atoms. The van der Waals surface area contributed by atoms with Gasteiger partial charge in [-0.2, -0.15) is 0 Å². The predicted molar refractivity (Wildman–Crippen MR) is 98.3 cm³/mol. The molecule has 0 radical (unpaired) electrons. The Hall–Kier alpha value is -2.27. The molecule has 5 heteroatoms. The van der Waals surface area contributed by atoms with Gasteiger partial charge in [-0.15, -0.1) is 0 Å². The number of aromatic nitrogens is 1. The zero-order valence-electron chi connectivity index (χ0n) is 12.9. The van der Waals surface area contributed by atoms with E-state index in [-0.39, 0.29) is 6.03 Å². The summed E-state index contributed by atoms with van der Waals surface area (Å²) in [6.07, 6.45) is 10.5. The quantitative estimate of drug-likeness (QED) is 0.574. The van der Waals surface area contributed by atoms with E-state index in [4.69, 9.17) is 0 Å². The Morgan fingerprint density at radius 1 is 1.13 bits per heavy atom. The van der Waals surface area contributed by atoms with Gasteiger partial charge in [0, 0.05) is 24.6 Å². The molecule has 1 N–H and O–H groups in total. The van der Waals surface area contributed by atoms with Gasteiger partial charge in [-0.05, 0) is 37.0 Å². The first kappa shape index (κ1) is 17.1. The summed E-state index contributed by atoms with van der Waals surface area (Å²) in [4.78, 5) is 15.8. The van der Waals surface area contributed by atoms with Crippen molar-refractivity contribution in [3.05, 3.63) is 66.5 Å². The number of nitrogens with one attached hydrogen (secondary N) is 1. The van der Waals surface area contributed by atoms with Crippen molar-refractivity contribution in [3.63, 3.8) is 0 Å². The summed E-state index contributed by atoms with van der Waals surface area (Å²) in [5.41, 5.74) is 1.93. The molecule has 0 aliphatic heterocycles. The number of amides is 2. The molecule has 0 atom stereocenters. The lowest BCUT2D eigenvalue weighted by Crippen LogP contribution is -2.27. The van der Waals surface area contributed by atoms with Gasteiger partial charge in [0.25, 0.3) is 0 Å². The molecule has 1 heterocycles. The largest absolute Gasteiger partial charge is 0.331 e. The van der Waals surface area contributed by atoms with Gasteiger partial charge < -0.3 is 5.32 Å². The third-order valence-electron chi connectivity index (χ3n) is 3.27. The molecule has 0 saturated heterocycles. The van der Waals surface area contributed by atoms with Gasteiger partial charge in [0.2, 0.25) is 0 Å². The van der Waals surface area contributed by atoms with Crippen LogP contribution >= 0.6 is 12.8 Å². The molecule has 2 amide bonds. The Kier molecular flexibility index (Phi) is 7.20. The second-order valence-corrected chi connectivity index (χ2v) is 5.58. The SMILES string of the molecule is O=C(Nc1ccncc1)N(S)CCCC/C=C/c1ccccc1. The average Bonchev–Trinajstić information content (AvgIpc) is 2.59. The molecule has 0 unspecified atom stereocenters. The monoisotopic (exact) mass is 327 g/mol.